The van der Waals surface area contributed by atoms with Crippen LogP contribution in [0.3, 0.4) is 0 Å². The summed E-state index contributed by atoms with van der Waals surface area (Å²) in [6.45, 7) is 7.58. The summed E-state index contributed by atoms with van der Waals surface area (Å²) in [4.78, 5) is 2.17. The van der Waals surface area contributed by atoms with E-state index in [0.29, 0.717) is 5.69 Å². The van der Waals surface area contributed by atoms with Gasteiger partial charge in [-0.2, -0.15) is 0 Å². The summed E-state index contributed by atoms with van der Waals surface area (Å²) < 4.78 is 25.5. The van der Waals surface area contributed by atoms with E-state index >= 15 is 0 Å². The maximum atomic E-state index is 11.5. The topological polar surface area (TPSA) is 49.4 Å². The minimum atomic E-state index is -3.20. The Balaban J connectivity index is 2.93. The average molecular weight is 256 g/mol. The first-order chi connectivity index (χ1) is 8.02. The van der Waals surface area contributed by atoms with Crippen molar-refractivity contribution in [2.24, 2.45) is 0 Å². The van der Waals surface area contributed by atoms with Crippen LogP contribution in [0.2, 0.25) is 0 Å². The standard InChI is InChI=1S/C12H20N2O2S/c1-4-14(5-2)12-9-7-8-11(10-12)13-17(15,16)6-3/h7-10,13H,4-6H2,1-3H3. The highest BCUT2D eigenvalue weighted by Crippen LogP contribution is 2.20. The number of hydrogen-bond donors (Lipinski definition) is 1. The molecule has 0 saturated carbocycles. The molecule has 96 valence electrons. The Kier molecular flexibility index (Phi) is 4.81. The number of benzene rings is 1. The normalized spacial score (nSPS) is 11.2. The molecule has 0 bridgehead atoms. The second-order valence-corrected chi connectivity index (χ2v) is 5.74. The first kappa shape index (κ1) is 13.8. The van der Waals surface area contributed by atoms with Gasteiger partial charge in [-0.15, -0.1) is 0 Å². The summed E-state index contributed by atoms with van der Waals surface area (Å²) in [6.07, 6.45) is 0. The molecule has 0 aliphatic carbocycles. The second-order valence-electron chi connectivity index (χ2n) is 3.73. The maximum absolute atomic E-state index is 11.5. The van der Waals surface area contributed by atoms with Crippen molar-refractivity contribution in [1.29, 1.82) is 0 Å². The Hall–Kier alpha value is -1.23. The lowest BCUT2D eigenvalue weighted by Crippen LogP contribution is -2.22. The van der Waals surface area contributed by atoms with Gasteiger partial charge in [-0.3, -0.25) is 4.72 Å². The molecule has 0 spiro atoms. The fraction of sp³-hybridized carbons (Fsp3) is 0.500. The molecule has 0 aromatic heterocycles. The molecule has 0 unspecified atom stereocenters. The van der Waals surface area contributed by atoms with Crippen molar-refractivity contribution in [3.63, 3.8) is 0 Å². The van der Waals surface area contributed by atoms with E-state index in [-0.39, 0.29) is 5.75 Å². The second kappa shape index (κ2) is 5.91. The Morgan fingerprint density at radius 1 is 1.18 bits per heavy atom. The van der Waals surface area contributed by atoms with Gasteiger partial charge in [0.1, 0.15) is 0 Å². The molecular formula is C12H20N2O2S. The van der Waals surface area contributed by atoms with Gasteiger partial charge in [0.05, 0.1) is 11.4 Å². The van der Waals surface area contributed by atoms with Crippen LogP contribution in [0.25, 0.3) is 0 Å². The van der Waals surface area contributed by atoms with E-state index in [1.54, 1.807) is 13.0 Å². The summed E-state index contributed by atoms with van der Waals surface area (Å²) in [6, 6.07) is 7.47. The minimum Gasteiger partial charge on any atom is -0.372 e. The lowest BCUT2D eigenvalue weighted by molar-refractivity contribution is 0.602. The first-order valence-electron chi connectivity index (χ1n) is 5.87. The molecule has 0 fully saturated rings. The highest BCUT2D eigenvalue weighted by molar-refractivity contribution is 7.92. The van der Waals surface area contributed by atoms with Crippen LogP contribution in [0.5, 0.6) is 0 Å². The number of sulfonamides is 1. The Bertz CT molecular complexity index is 453. The van der Waals surface area contributed by atoms with Gasteiger partial charge in [-0.25, -0.2) is 8.42 Å². The van der Waals surface area contributed by atoms with Crippen molar-refractivity contribution in [3.8, 4) is 0 Å². The number of nitrogens with one attached hydrogen (secondary N) is 1. The number of hydrogen-bond acceptors (Lipinski definition) is 3. The lowest BCUT2D eigenvalue weighted by atomic mass is 10.2. The summed E-state index contributed by atoms with van der Waals surface area (Å²) in [5.74, 6) is 0.0858. The molecule has 1 N–H and O–H groups in total. The molecule has 5 heteroatoms. The summed E-state index contributed by atoms with van der Waals surface area (Å²) in [5, 5.41) is 0. The molecule has 17 heavy (non-hydrogen) atoms. The van der Waals surface area contributed by atoms with Crippen molar-refractivity contribution in [1.82, 2.24) is 0 Å². The molecule has 1 rings (SSSR count). The third-order valence-corrected chi connectivity index (χ3v) is 3.93. The molecule has 1 aromatic carbocycles. The summed E-state index contributed by atoms with van der Waals surface area (Å²) in [7, 11) is -3.20. The molecule has 0 radical (unpaired) electrons. The molecule has 0 aliphatic heterocycles. The lowest BCUT2D eigenvalue weighted by Gasteiger charge is -2.21. The SMILES string of the molecule is CCN(CC)c1cccc(NS(=O)(=O)CC)c1. The maximum Gasteiger partial charge on any atom is 0.232 e. The van der Waals surface area contributed by atoms with E-state index in [1.807, 2.05) is 18.2 Å². The first-order valence-corrected chi connectivity index (χ1v) is 7.53. The van der Waals surface area contributed by atoms with Crippen LogP contribution >= 0.6 is 0 Å². The van der Waals surface area contributed by atoms with Crippen molar-refractivity contribution in [3.05, 3.63) is 24.3 Å². The smallest absolute Gasteiger partial charge is 0.232 e. The van der Waals surface area contributed by atoms with Gasteiger partial charge in [-0.05, 0) is 39.0 Å². The molecule has 0 atom stereocenters. The van der Waals surface area contributed by atoms with E-state index in [0.717, 1.165) is 18.8 Å². The Morgan fingerprint density at radius 2 is 1.82 bits per heavy atom. The number of rotatable bonds is 6. The van der Waals surface area contributed by atoms with Crippen molar-refractivity contribution >= 4 is 21.4 Å². The van der Waals surface area contributed by atoms with E-state index < -0.39 is 10.0 Å². The summed E-state index contributed by atoms with van der Waals surface area (Å²) in [5.41, 5.74) is 1.66. The highest BCUT2D eigenvalue weighted by Gasteiger charge is 2.08. The van der Waals surface area contributed by atoms with E-state index in [1.165, 1.54) is 0 Å². The van der Waals surface area contributed by atoms with Gasteiger partial charge < -0.3 is 4.90 Å². The monoisotopic (exact) mass is 256 g/mol. The third-order valence-electron chi connectivity index (χ3n) is 2.63. The van der Waals surface area contributed by atoms with E-state index in [9.17, 15) is 8.42 Å². The Labute approximate surface area is 104 Å². The predicted molar refractivity (Wildman–Crippen MR) is 73.1 cm³/mol. The van der Waals surface area contributed by atoms with Gasteiger partial charge in [0, 0.05) is 18.8 Å². The highest BCUT2D eigenvalue weighted by atomic mass is 32.2. The van der Waals surface area contributed by atoms with Crippen molar-refractivity contribution < 1.29 is 8.42 Å². The van der Waals surface area contributed by atoms with Crippen LogP contribution in [0.15, 0.2) is 24.3 Å². The molecule has 0 amide bonds. The van der Waals surface area contributed by atoms with Crippen LogP contribution < -0.4 is 9.62 Å². The molecule has 0 saturated heterocycles. The number of nitrogens with zero attached hydrogens (tertiary/aromatic N) is 1. The molecule has 1 aromatic rings. The molecule has 0 aliphatic rings. The van der Waals surface area contributed by atoms with Gasteiger partial charge in [-0.1, -0.05) is 6.07 Å². The molecule has 4 nitrogen and oxygen atoms in total. The fourth-order valence-corrected chi connectivity index (χ4v) is 2.24. The van der Waals surface area contributed by atoms with Crippen LogP contribution in [-0.2, 0) is 10.0 Å². The zero-order chi connectivity index (χ0) is 12.9. The van der Waals surface area contributed by atoms with Gasteiger partial charge >= 0.3 is 0 Å². The predicted octanol–water partition coefficient (Wildman–Crippen LogP) is 2.29. The van der Waals surface area contributed by atoms with Gasteiger partial charge in [0.15, 0.2) is 0 Å². The zero-order valence-electron chi connectivity index (χ0n) is 10.6. The Morgan fingerprint density at radius 3 is 2.35 bits per heavy atom. The van der Waals surface area contributed by atoms with Crippen LogP contribution in [0, 0.1) is 0 Å². The largest absolute Gasteiger partial charge is 0.372 e. The van der Waals surface area contributed by atoms with Crippen molar-refractivity contribution in [2.45, 2.75) is 20.8 Å². The van der Waals surface area contributed by atoms with Gasteiger partial charge in [0.25, 0.3) is 0 Å². The number of anilines is 2. The molecule has 0 heterocycles. The van der Waals surface area contributed by atoms with E-state index in [4.69, 9.17) is 0 Å². The quantitative estimate of drug-likeness (QED) is 0.849. The van der Waals surface area contributed by atoms with E-state index in [2.05, 4.69) is 23.5 Å². The van der Waals surface area contributed by atoms with Crippen LogP contribution in [-0.4, -0.2) is 27.3 Å². The van der Waals surface area contributed by atoms with Crippen LogP contribution in [0.4, 0.5) is 11.4 Å². The van der Waals surface area contributed by atoms with Gasteiger partial charge in [0.2, 0.25) is 10.0 Å². The zero-order valence-corrected chi connectivity index (χ0v) is 11.4. The summed E-state index contributed by atoms with van der Waals surface area (Å²) >= 11 is 0. The van der Waals surface area contributed by atoms with Crippen LogP contribution in [0.1, 0.15) is 20.8 Å². The van der Waals surface area contributed by atoms with Crippen molar-refractivity contribution in [2.75, 3.05) is 28.5 Å². The average Bonchev–Trinajstić information content (AvgIpc) is 2.31. The third kappa shape index (κ3) is 3.93. The molecular weight excluding hydrogens is 236 g/mol. The minimum absolute atomic E-state index is 0.0858. The fourth-order valence-electron chi connectivity index (χ4n) is 1.61.